The molecule has 0 aliphatic heterocycles. The van der Waals surface area contributed by atoms with Gasteiger partial charge in [-0.05, 0) is 25.5 Å². The summed E-state index contributed by atoms with van der Waals surface area (Å²) in [5, 5.41) is 13.7. The van der Waals surface area contributed by atoms with Crippen LogP contribution in [0.2, 0.25) is 0 Å². The van der Waals surface area contributed by atoms with Gasteiger partial charge in [0.1, 0.15) is 5.75 Å². The molecule has 1 amide bonds. The van der Waals surface area contributed by atoms with Crippen LogP contribution in [0.5, 0.6) is 5.75 Å². The summed E-state index contributed by atoms with van der Waals surface area (Å²) in [5.74, 6) is 0.0896. The highest BCUT2D eigenvalue weighted by Crippen LogP contribution is 2.16. The molecule has 1 aromatic rings. The summed E-state index contributed by atoms with van der Waals surface area (Å²) in [6.07, 6.45) is 4.79. The molecule has 19 heavy (non-hydrogen) atoms. The van der Waals surface area contributed by atoms with Crippen LogP contribution in [-0.2, 0) is 4.79 Å². The van der Waals surface area contributed by atoms with E-state index in [0.717, 1.165) is 25.7 Å². The molecule has 0 bridgehead atoms. The van der Waals surface area contributed by atoms with E-state index in [1.54, 1.807) is 25.1 Å². The quantitative estimate of drug-likeness (QED) is 0.450. The molecule has 1 aromatic carbocycles. The van der Waals surface area contributed by atoms with Crippen LogP contribution in [-0.4, -0.2) is 16.7 Å². The van der Waals surface area contributed by atoms with Gasteiger partial charge < -0.3 is 5.11 Å². The highest BCUT2D eigenvalue weighted by molar-refractivity contribution is 6.01. The molecule has 4 nitrogen and oxygen atoms in total. The van der Waals surface area contributed by atoms with Crippen molar-refractivity contribution in [3.05, 3.63) is 29.8 Å². The summed E-state index contributed by atoms with van der Waals surface area (Å²) in [5.41, 5.74) is 3.75. The van der Waals surface area contributed by atoms with Crippen LogP contribution in [0.1, 0.15) is 51.5 Å². The van der Waals surface area contributed by atoms with Crippen molar-refractivity contribution in [3.63, 3.8) is 0 Å². The van der Waals surface area contributed by atoms with E-state index in [2.05, 4.69) is 17.5 Å². The number of hydrazone groups is 1. The molecule has 0 saturated carbocycles. The minimum Gasteiger partial charge on any atom is -0.507 e. The summed E-state index contributed by atoms with van der Waals surface area (Å²) in [6.45, 7) is 3.90. The highest BCUT2D eigenvalue weighted by atomic mass is 16.3. The molecule has 0 saturated heterocycles. The molecule has 0 heterocycles. The molecule has 0 aliphatic rings. The second kappa shape index (κ2) is 8.29. The van der Waals surface area contributed by atoms with E-state index in [0.29, 0.717) is 17.7 Å². The summed E-state index contributed by atoms with van der Waals surface area (Å²) >= 11 is 0. The monoisotopic (exact) mass is 262 g/mol. The SMILES string of the molecule is CCCCCCC(=O)NN=C(C)c1ccccc1O. The molecule has 0 aromatic heterocycles. The Morgan fingerprint density at radius 2 is 2.00 bits per heavy atom. The molecule has 1 rings (SSSR count). The number of rotatable bonds is 7. The number of hydrogen-bond donors (Lipinski definition) is 2. The average Bonchev–Trinajstić information content (AvgIpc) is 2.41. The van der Waals surface area contributed by atoms with Crippen LogP contribution in [0.15, 0.2) is 29.4 Å². The molecular formula is C15H22N2O2. The number of hydrogen-bond acceptors (Lipinski definition) is 3. The summed E-state index contributed by atoms with van der Waals surface area (Å²) < 4.78 is 0. The number of amides is 1. The number of phenolic OH excluding ortho intramolecular Hbond substituents is 1. The lowest BCUT2D eigenvalue weighted by atomic mass is 10.1. The lowest BCUT2D eigenvalue weighted by Crippen LogP contribution is -2.18. The van der Waals surface area contributed by atoms with Crippen LogP contribution < -0.4 is 5.43 Å². The smallest absolute Gasteiger partial charge is 0.240 e. The molecule has 0 spiro atoms. The largest absolute Gasteiger partial charge is 0.507 e. The van der Waals surface area contributed by atoms with Gasteiger partial charge in [0.05, 0.1) is 5.71 Å². The second-order valence-corrected chi connectivity index (χ2v) is 4.56. The fourth-order valence-electron chi connectivity index (χ4n) is 1.75. The molecule has 0 atom stereocenters. The van der Waals surface area contributed by atoms with Crippen molar-refractivity contribution in [2.75, 3.05) is 0 Å². The third-order valence-corrected chi connectivity index (χ3v) is 2.90. The van der Waals surface area contributed by atoms with Gasteiger partial charge >= 0.3 is 0 Å². The zero-order valence-corrected chi connectivity index (χ0v) is 11.6. The predicted octanol–water partition coefficient (Wildman–Crippen LogP) is 3.20. The van der Waals surface area contributed by atoms with Crippen LogP contribution in [0.3, 0.4) is 0 Å². The van der Waals surface area contributed by atoms with Crippen molar-refractivity contribution in [1.29, 1.82) is 0 Å². The number of nitrogens with zero attached hydrogens (tertiary/aromatic N) is 1. The third-order valence-electron chi connectivity index (χ3n) is 2.90. The van der Waals surface area contributed by atoms with E-state index in [1.165, 1.54) is 0 Å². The average molecular weight is 262 g/mol. The zero-order valence-electron chi connectivity index (χ0n) is 11.6. The maximum absolute atomic E-state index is 11.5. The molecule has 0 unspecified atom stereocenters. The summed E-state index contributed by atoms with van der Waals surface area (Å²) in [4.78, 5) is 11.5. The number of carbonyl (C=O) groups excluding carboxylic acids is 1. The van der Waals surface area contributed by atoms with Crippen molar-refractivity contribution < 1.29 is 9.90 Å². The predicted molar refractivity (Wildman–Crippen MR) is 77.2 cm³/mol. The minimum absolute atomic E-state index is 0.0779. The van der Waals surface area contributed by atoms with Crippen molar-refractivity contribution in [2.45, 2.75) is 46.0 Å². The van der Waals surface area contributed by atoms with E-state index in [4.69, 9.17) is 0 Å². The lowest BCUT2D eigenvalue weighted by molar-refractivity contribution is -0.121. The standard InChI is InChI=1S/C15H22N2O2/c1-3-4-5-6-11-15(19)17-16-12(2)13-9-7-8-10-14(13)18/h7-10,18H,3-6,11H2,1-2H3,(H,17,19). The third kappa shape index (κ3) is 5.55. The van der Waals surface area contributed by atoms with Crippen LogP contribution in [0, 0.1) is 0 Å². The van der Waals surface area contributed by atoms with Gasteiger partial charge in [0.25, 0.3) is 0 Å². The van der Waals surface area contributed by atoms with Gasteiger partial charge in [-0.15, -0.1) is 0 Å². The second-order valence-electron chi connectivity index (χ2n) is 4.56. The number of benzene rings is 1. The molecule has 0 aliphatic carbocycles. The topological polar surface area (TPSA) is 61.7 Å². The Labute approximate surface area is 114 Å². The van der Waals surface area contributed by atoms with E-state index >= 15 is 0 Å². The highest BCUT2D eigenvalue weighted by Gasteiger charge is 2.04. The molecule has 0 radical (unpaired) electrons. The molecular weight excluding hydrogens is 240 g/mol. The maximum Gasteiger partial charge on any atom is 0.240 e. The van der Waals surface area contributed by atoms with Crippen molar-refractivity contribution in [1.82, 2.24) is 5.43 Å². The van der Waals surface area contributed by atoms with Gasteiger partial charge in [-0.25, -0.2) is 5.43 Å². The first-order valence-electron chi connectivity index (χ1n) is 6.76. The van der Waals surface area contributed by atoms with Gasteiger partial charge in [-0.2, -0.15) is 5.10 Å². The van der Waals surface area contributed by atoms with E-state index < -0.39 is 0 Å². The van der Waals surface area contributed by atoms with Gasteiger partial charge in [0.15, 0.2) is 0 Å². The van der Waals surface area contributed by atoms with Crippen LogP contribution in [0.25, 0.3) is 0 Å². The van der Waals surface area contributed by atoms with Gasteiger partial charge in [0, 0.05) is 12.0 Å². The number of phenols is 1. The Kier molecular flexibility index (Phi) is 6.64. The van der Waals surface area contributed by atoms with Crippen LogP contribution in [0.4, 0.5) is 0 Å². The molecule has 0 fully saturated rings. The number of unbranched alkanes of at least 4 members (excludes halogenated alkanes) is 3. The van der Waals surface area contributed by atoms with Gasteiger partial charge in [0.2, 0.25) is 5.91 Å². The lowest BCUT2D eigenvalue weighted by Gasteiger charge is -2.04. The molecule has 2 N–H and O–H groups in total. The Balaban J connectivity index is 2.43. The molecule has 4 heteroatoms. The van der Waals surface area contributed by atoms with E-state index in [9.17, 15) is 9.90 Å². The van der Waals surface area contributed by atoms with Gasteiger partial charge in [-0.3, -0.25) is 4.79 Å². The summed E-state index contributed by atoms with van der Waals surface area (Å²) in [7, 11) is 0. The van der Waals surface area contributed by atoms with Crippen molar-refractivity contribution in [3.8, 4) is 5.75 Å². The Hall–Kier alpha value is -1.84. The first-order valence-corrected chi connectivity index (χ1v) is 6.76. The summed E-state index contributed by atoms with van der Waals surface area (Å²) in [6, 6.07) is 6.93. The zero-order chi connectivity index (χ0) is 14.1. The number of aromatic hydroxyl groups is 1. The number of para-hydroxylation sites is 1. The van der Waals surface area contributed by atoms with Crippen molar-refractivity contribution in [2.24, 2.45) is 5.10 Å². The minimum atomic E-state index is -0.0779. The van der Waals surface area contributed by atoms with Crippen molar-refractivity contribution >= 4 is 11.6 Å². The fourth-order valence-corrected chi connectivity index (χ4v) is 1.75. The normalized spacial score (nSPS) is 11.4. The number of carbonyl (C=O) groups is 1. The first kappa shape index (κ1) is 15.2. The van der Waals surface area contributed by atoms with Crippen LogP contribution >= 0.6 is 0 Å². The molecule has 104 valence electrons. The maximum atomic E-state index is 11.5. The Morgan fingerprint density at radius 1 is 1.26 bits per heavy atom. The fraction of sp³-hybridized carbons (Fsp3) is 0.467. The van der Waals surface area contributed by atoms with E-state index in [-0.39, 0.29) is 11.7 Å². The Morgan fingerprint density at radius 3 is 2.68 bits per heavy atom. The first-order chi connectivity index (χ1) is 9.15. The number of nitrogens with one attached hydrogen (secondary N) is 1. The van der Waals surface area contributed by atoms with E-state index in [1.807, 2.05) is 6.07 Å². The van der Waals surface area contributed by atoms with Gasteiger partial charge in [-0.1, -0.05) is 38.3 Å². The Bertz CT molecular complexity index is 442.